The van der Waals surface area contributed by atoms with E-state index in [0.717, 1.165) is 19.6 Å². The summed E-state index contributed by atoms with van der Waals surface area (Å²) in [6.45, 7) is 3.25. The molecule has 0 radical (unpaired) electrons. The number of nitrogens with one attached hydrogen (secondary N) is 1. The predicted molar refractivity (Wildman–Crippen MR) is 75.6 cm³/mol. The second-order valence-corrected chi connectivity index (χ2v) is 4.76. The molecule has 1 N–H and O–H groups in total. The molecule has 0 aliphatic carbocycles. The van der Waals surface area contributed by atoms with Gasteiger partial charge in [0, 0.05) is 26.3 Å². The summed E-state index contributed by atoms with van der Waals surface area (Å²) in [5.74, 6) is 0. The number of anilines is 1. The molecule has 3 nitrogen and oxygen atoms in total. The number of hydrogen-bond donors (Lipinski definition) is 1. The van der Waals surface area contributed by atoms with Crippen LogP contribution in [0.5, 0.6) is 0 Å². The molecule has 0 amide bonds. The van der Waals surface area contributed by atoms with Gasteiger partial charge in [-0.25, -0.2) is 0 Å². The van der Waals surface area contributed by atoms with Crippen molar-refractivity contribution in [3.8, 4) is 0 Å². The van der Waals surface area contributed by atoms with Crippen molar-refractivity contribution >= 4 is 5.69 Å². The zero-order valence-electron chi connectivity index (χ0n) is 11.5. The molecule has 0 spiro atoms. The van der Waals surface area contributed by atoms with Crippen LogP contribution in [0.3, 0.4) is 0 Å². The topological polar surface area (TPSA) is 18.5 Å². The van der Waals surface area contributed by atoms with E-state index in [1.165, 1.54) is 17.7 Å². The Morgan fingerprint density at radius 1 is 1.06 bits per heavy atom. The van der Waals surface area contributed by atoms with Crippen LogP contribution in [0.15, 0.2) is 24.3 Å². The molecule has 0 aliphatic rings. The summed E-state index contributed by atoms with van der Waals surface area (Å²) in [4.78, 5) is 4.49. The van der Waals surface area contributed by atoms with Crippen molar-refractivity contribution in [3.63, 3.8) is 0 Å². The predicted octanol–water partition coefficient (Wildman–Crippen LogP) is 1.79. The van der Waals surface area contributed by atoms with Crippen LogP contribution in [0.2, 0.25) is 0 Å². The maximum absolute atomic E-state index is 3.17. The summed E-state index contributed by atoms with van der Waals surface area (Å²) >= 11 is 0. The van der Waals surface area contributed by atoms with Crippen LogP contribution in [0.25, 0.3) is 0 Å². The molecule has 0 saturated carbocycles. The van der Waals surface area contributed by atoms with E-state index in [1.54, 1.807) is 0 Å². The van der Waals surface area contributed by atoms with E-state index in [9.17, 15) is 0 Å². The van der Waals surface area contributed by atoms with Gasteiger partial charge in [0.1, 0.15) is 0 Å². The van der Waals surface area contributed by atoms with Gasteiger partial charge in [0.2, 0.25) is 0 Å². The fourth-order valence-corrected chi connectivity index (χ4v) is 1.82. The maximum Gasteiger partial charge on any atom is 0.0361 e. The molecular weight excluding hydrogens is 210 g/mol. The summed E-state index contributed by atoms with van der Waals surface area (Å²) in [5.41, 5.74) is 2.63. The second kappa shape index (κ2) is 7.30. The first kappa shape index (κ1) is 14.0. The van der Waals surface area contributed by atoms with Crippen LogP contribution >= 0.6 is 0 Å². The van der Waals surface area contributed by atoms with Crippen molar-refractivity contribution < 1.29 is 0 Å². The molecule has 0 atom stereocenters. The molecule has 0 bridgehead atoms. The van der Waals surface area contributed by atoms with E-state index < -0.39 is 0 Å². The third-order valence-corrected chi connectivity index (χ3v) is 2.87. The molecule has 96 valence electrons. The summed E-state index contributed by atoms with van der Waals surface area (Å²) in [6.07, 6.45) is 1.20. The highest BCUT2D eigenvalue weighted by molar-refractivity contribution is 5.45. The van der Waals surface area contributed by atoms with E-state index in [0.29, 0.717) is 0 Å². The van der Waals surface area contributed by atoms with Crippen molar-refractivity contribution in [2.45, 2.75) is 13.0 Å². The molecule has 0 saturated heterocycles. The number of rotatable bonds is 7. The molecule has 0 fully saturated rings. The zero-order chi connectivity index (χ0) is 12.7. The van der Waals surface area contributed by atoms with Gasteiger partial charge in [0.25, 0.3) is 0 Å². The maximum atomic E-state index is 3.17. The average Bonchev–Trinajstić information content (AvgIpc) is 2.30. The minimum Gasteiger partial charge on any atom is -0.378 e. The van der Waals surface area contributed by atoms with Crippen molar-refractivity contribution in [2.75, 3.05) is 46.2 Å². The summed E-state index contributed by atoms with van der Waals surface area (Å²) in [5, 5.41) is 3.17. The molecule has 17 heavy (non-hydrogen) atoms. The lowest BCUT2D eigenvalue weighted by atomic mass is 10.2. The normalized spacial score (nSPS) is 10.9. The smallest absolute Gasteiger partial charge is 0.0361 e. The molecule has 0 unspecified atom stereocenters. The van der Waals surface area contributed by atoms with Crippen LogP contribution in [0, 0.1) is 0 Å². The van der Waals surface area contributed by atoms with Crippen LogP contribution < -0.4 is 10.2 Å². The Labute approximate surface area is 105 Å². The van der Waals surface area contributed by atoms with Gasteiger partial charge in [-0.3, -0.25) is 0 Å². The number of benzene rings is 1. The monoisotopic (exact) mass is 235 g/mol. The lowest BCUT2D eigenvalue weighted by molar-refractivity contribution is 0.321. The lowest BCUT2D eigenvalue weighted by Crippen LogP contribution is -2.22. The van der Waals surface area contributed by atoms with Crippen molar-refractivity contribution in [3.05, 3.63) is 29.8 Å². The van der Waals surface area contributed by atoms with Gasteiger partial charge in [-0.05, 0) is 51.3 Å². The van der Waals surface area contributed by atoms with Gasteiger partial charge in [-0.2, -0.15) is 0 Å². The third-order valence-electron chi connectivity index (χ3n) is 2.87. The highest BCUT2D eigenvalue weighted by Gasteiger charge is 2.00. The SMILES string of the molecule is CNCCCN(C)Cc1ccc(N(C)C)cc1. The number of nitrogens with zero attached hydrogens (tertiary/aromatic N) is 2. The first-order valence-corrected chi connectivity index (χ1v) is 6.23. The van der Waals surface area contributed by atoms with Gasteiger partial charge in [-0.15, -0.1) is 0 Å². The minimum atomic E-state index is 1.03. The van der Waals surface area contributed by atoms with Crippen molar-refractivity contribution in [1.82, 2.24) is 10.2 Å². The Morgan fingerprint density at radius 3 is 2.24 bits per heavy atom. The molecule has 0 aliphatic heterocycles. The van der Waals surface area contributed by atoms with Crippen molar-refractivity contribution in [2.24, 2.45) is 0 Å². The molecule has 1 aromatic carbocycles. The van der Waals surface area contributed by atoms with Gasteiger partial charge in [-0.1, -0.05) is 12.1 Å². The molecular formula is C14H25N3. The first-order valence-electron chi connectivity index (χ1n) is 6.23. The van der Waals surface area contributed by atoms with Gasteiger partial charge >= 0.3 is 0 Å². The Bertz CT molecular complexity index is 306. The minimum absolute atomic E-state index is 1.03. The molecule has 3 heteroatoms. The number of hydrogen-bond acceptors (Lipinski definition) is 3. The van der Waals surface area contributed by atoms with Crippen LogP contribution in [-0.2, 0) is 6.54 Å². The lowest BCUT2D eigenvalue weighted by Gasteiger charge is -2.17. The van der Waals surface area contributed by atoms with Crippen molar-refractivity contribution in [1.29, 1.82) is 0 Å². The Morgan fingerprint density at radius 2 is 1.71 bits per heavy atom. The van der Waals surface area contributed by atoms with Gasteiger partial charge in [0.15, 0.2) is 0 Å². The van der Waals surface area contributed by atoms with E-state index in [2.05, 4.69) is 60.5 Å². The zero-order valence-corrected chi connectivity index (χ0v) is 11.5. The summed E-state index contributed by atoms with van der Waals surface area (Å²) in [6, 6.07) is 8.78. The van der Waals surface area contributed by atoms with Gasteiger partial charge < -0.3 is 15.1 Å². The highest BCUT2D eigenvalue weighted by Crippen LogP contribution is 2.13. The second-order valence-electron chi connectivity index (χ2n) is 4.76. The van der Waals surface area contributed by atoms with Crippen LogP contribution in [0.4, 0.5) is 5.69 Å². The quantitative estimate of drug-likeness (QED) is 0.727. The first-order chi connectivity index (χ1) is 8.13. The Balaban J connectivity index is 2.40. The Kier molecular flexibility index (Phi) is 6.01. The Hall–Kier alpha value is -1.06. The van der Waals surface area contributed by atoms with E-state index in [4.69, 9.17) is 0 Å². The average molecular weight is 235 g/mol. The molecule has 0 aromatic heterocycles. The van der Waals surface area contributed by atoms with E-state index >= 15 is 0 Å². The highest BCUT2D eigenvalue weighted by atomic mass is 15.1. The van der Waals surface area contributed by atoms with E-state index in [-0.39, 0.29) is 0 Å². The summed E-state index contributed by atoms with van der Waals surface area (Å²) in [7, 11) is 8.31. The molecule has 1 rings (SSSR count). The largest absolute Gasteiger partial charge is 0.378 e. The van der Waals surface area contributed by atoms with Crippen LogP contribution in [0.1, 0.15) is 12.0 Å². The molecule has 0 heterocycles. The van der Waals surface area contributed by atoms with E-state index in [1.807, 2.05) is 7.05 Å². The van der Waals surface area contributed by atoms with Crippen LogP contribution in [-0.4, -0.2) is 46.2 Å². The fourth-order valence-electron chi connectivity index (χ4n) is 1.82. The fraction of sp³-hybridized carbons (Fsp3) is 0.571. The third kappa shape index (κ3) is 5.20. The molecule has 1 aromatic rings. The summed E-state index contributed by atoms with van der Waals surface area (Å²) < 4.78 is 0. The van der Waals surface area contributed by atoms with Gasteiger partial charge in [0.05, 0.1) is 0 Å². The standard InChI is InChI=1S/C14H25N3/c1-15-10-5-11-17(4)12-13-6-8-14(9-7-13)16(2)3/h6-9,15H,5,10-12H2,1-4H3.